The molecule has 1 aromatic carbocycles. The predicted octanol–water partition coefficient (Wildman–Crippen LogP) is 2.24. The molecule has 0 fully saturated rings. The fraction of sp³-hybridized carbons (Fsp3) is 0.333. The van der Waals surface area contributed by atoms with Crippen molar-refractivity contribution in [2.24, 2.45) is 0 Å². The third kappa shape index (κ3) is 5.27. The van der Waals surface area contributed by atoms with Crippen molar-refractivity contribution in [3.8, 4) is 5.75 Å². The van der Waals surface area contributed by atoms with Crippen LogP contribution in [0.5, 0.6) is 5.75 Å². The van der Waals surface area contributed by atoms with E-state index in [4.69, 9.17) is 14.3 Å². The van der Waals surface area contributed by atoms with Crippen LogP contribution in [0, 0.1) is 0 Å². The summed E-state index contributed by atoms with van der Waals surface area (Å²) in [7, 11) is 3.83. The maximum atomic E-state index is 11.7. The Balaban J connectivity index is 0.000000351. The van der Waals surface area contributed by atoms with Gasteiger partial charge in [0.25, 0.3) is 0 Å². The molecule has 1 heterocycles. The summed E-state index contributed by atoms with van der Waals surface area (Å²) in [4.78, 5) is 22.6. The van der Waals surface area contributed by atoms with Crippen molar-refractivity contribution in [2.75, 3.05) is 20.6 Å². The normalized spacial score (nSPS) is 11.2. The maximum absolute atomic E-state index is 11.7. The van der Waals surface area contributed by atoms with E-state index in [1.165, 1.54) is 0 Å². The number of carbonyl (C=O) groups is 1. The molecule has 0 spiro atoms. The fourth-order valence-corrected chi connectivity index (χ4v) is 1.73. The molecule has 2 rings (SSSR count). The lowest BCUT2D eigenvalue weighted by Crippen LogP contribution is -2.21. The average molecular weight is 347 g/mol. The minimum absolute atomic E-state index is 0.0405. The standard InChI is InChI=1S/C13H15NO3.C2HF3O2/c1-14(2)8-7-10-12(15)9-5-3-4-6-11(9)17-13(10)16;3-2(4,5)1(6)7/h3-6,15H,7-8H2,1-2H3;(H,6,7). The van der Waals surface area contributed by atoms with Gasteiger partial charge in [-0.15, -0.1) is 0 Å². The second-order valence-electron chi connectivity index (χ2n) is 5.07. The minimum atomic E-state index is -5.08. The van der Waals surface area contributed by atoms with Crippen LogP contribution in [0.1, 0.15) is 5.56 Å². The number of hydrogen-bond acceptors (Lipinski definition) is 5. The molecule has 0 aliphatic rings. The molecule has 0 aliphatic heterocycles. The summed E-state index contributed by atoms with van der Waals surface area (Å²) in [5, 5.41) is 17.8. The highest BCUT2D eigenvalue weighted by atomic mass is 19.4. The Morgan fingerprint density at radius 3 is 2.29 bits per heavy atom. The van der Waals surface area contributed by atoms with E-state index in [0.29, 0.717) is 29.5 Å². The van der Waals surface area contributed by atoms with E-state index in [1.807, 2.05) is 19.0 Å². The van der Waals surface area contributed by atoms with Gasteiger partial charge in [-0.05, 0) is 32.6 Å². The van der Waals surface area contributed by atoms with Crippen LogP contribution < -0.4 is 5.63 Å². The topological polar surface area (TPSA) is 91.0 Å². The zero-order valence-corrected chi connectivity index (χ0v) is 12.9. The van der Waals surface area contributed by atoms with Crippen LogP contribution in [0.3, 0.4) is 0 Å². The minimum Gasteiger partial charge on any atom is -0.507 e. The number of para-hydroxylation sites is 1. The Labute approximate surface area is 134 Å². The van der Waals surface area contributed by atoms with Gasteiger partial charge in [0, 0.05) is 6.54 Å². The molecule has 0 bridgehead atoms. The number of alkyl halides is 3. The lowest BCUT2D eigenvalue weighted by atomic mass is 10.1. The Morgan fingerprint density at radius 2 is 1.79 bits per heavy atom. The zero-order valence-electron chi connectivity index (χ0n) is 12.9. The van der Waals surface area contributed by atoms with Crippen LogP contribution in [-0.2, 0) is 11.2 Å². The number of aromatic hydroxyl groups is 1. The molecular weight excluding hydrogens is 331 g/mol. The SMILES string of the molecule is CN(C)CCc1c(O)c2ccccc2oc1=O.O=C(O)C(F)(F)F. The third-order valence-corrected chi connectivity index (χ3v) is 2.93. The van der Waals surface area contributed by atoms with Crippen molar-refractivity contribution in [3.63, 3.8) is 0 Å². The van der Waals surface area contributed by atoms with Crippen molar-refractivity contribution in [3.05, 3.63) is 40.2 Å². The Hall–Kier alpha value is -2.55. The van der Waals surface area contributed by atoms with Gasteiger partial charge >= 0.3 is 17.8 Å². The monoisotopic (exact) mass is 347 g/mol. The number of carboxylic acid groups (broad SMARTS) is 1. The number of fused-ring (bicyclic) bond motifs is 1. The van der Waals surface area contributed by atoms with Crippen LogP contribution in [0.25, 0.3) is 11.0 Å². The molecule has 0 aliphatic carbocycles. The highest BCUT2D eigenvalue weighted by molar-refractivity contribution is 5.83. The summed E-state index contributed by atoms with van der Waals surface area (Å²) in [6, 6.07) is 6.99. The molecule has 0 amide bonds. The smallest absolute Gasteiger partial charge is 0.490 e. The Kier molecular flexibility index (Phi) is 6.35. The van der Waals surface area contributed by atoms with Crippen molar-refractivity contribution in [1.29, 1.82) is 0 Å². The number of aliphatic carboxylic acids is 1. The van der Waals surface area contributed by atoms with Crippen LogP contribution in [0.4, 0.5) is 13.2 Å². The van der Waals surface area contributed by atoms with E-state index >= 15 is 0 Å². The largest absolute Gasteiger partial charge is 0.507 e. The zero-order chi connectivity index (χ0) is 18.5. The summed E-state index contributed by atoms with van der Waals surface area (Å²) >= 11 is 0. The molecular formula is C15H16F3NO5. The molecule has 0 saturated carbocycles. The number of carboxylic acids is 1. The molecule has 0 saturated heterocycles. The van der Waals surface area contributed by atoms with E-state index in [9.17, 15) is 23.1 Å². The van der Waals surface area contributed by atoms with Crippen molar-refractivity contribution >= 4 is 16.9 Å². The van der Waals surface area contributed by atoms with Gasteiger partial charge in [0.1, 0.15) is 11.3 Å². The van der Waals surface area contributed by atoms with Gasteiger partial charge < -0.3 is 19.5 Å². The first-order valence-electron chi connectivity index (χ1n) is 6.72. The highest BCUT2D eigenvalue weighted by Gasteiger charge is 2.38. The second kappa shape index (κ2) is 7.82. The number of halogens is 3. The number of likely N-dealkylation sites (N-methyl/N-ethyl adjacent to an activating group) is 1. The summed E-state index contributed by atoms with van der Waals surface area (Å²) in [5.41, 5.74) is 0.309. The van der Waals surface area contributed by atoms with Gasteiger partial charge in [-0.2, -0.15) is 13.2 Å². The van der Waals surface area contributed by atoms with Crippen LogP contribution in [0.15, 0.2) is 33.5 Å². The van der Waals surface area contributed by atoms with Gasteiger partial charge in [0.2, 0.25) is 0 Å². The van der Waals surface area contributed by atoms with Gasteiger partial charge in [0.15, 0.2) is 0 Å². The average Bonchev–Trinajstić information content (AvgIpc) is 2.46. The molecule has 24 heavy (non-hydrogen) atoms. The summed E-state index contributed by atoms with van der Waals surface area (Å²) < 4.78 is 36.9. The lowest BCUT2D eigenvalue weighted by Gasteiger charge is -2.10. The summed E-state index contributed by atoms with van der Waals surface area (Å²) in [6.45, 7) is 0.691. The van der Waals surface area contributed by atoms with Crippen molar-refractivity contribution in [1.82, 2.24) is 4.90 Å². The number of rotatable bonds is 3. The quantitative estimate of drug-likeness (QED) is 0.828. The van der Waals surface area contributed by atoms with Crippen LogP contribution in [0.2, 0.25) is 0 Å². The highest BCUT2D eigenvalue weighted by Crippen LogP contribution is 2.26. The van der Waals surface area contributed by atoms with E-state index in [2.05, 4.69) is 0 Å². The van der Waals surface area contributed by atoms with Gasteiger partial charge in [0.05, 0.1) is 10.9 Å². The molecule has 0 radical (unpaired) electrons. The second-order valence-corrected chi connectivity index (χ2v) is 5.07. The van der Waals surface area contributed by atoms with Gasteiger partial charge in [-0.3, -0.25) is 0 Å². The first kappa shape index (κ1) is 19.5. The van der Waals surface area contributed by atoms with Crippen molar-refractivity contribution < 1.29 is 32.6 Å². The number of hydrogen-bond donors (Lipinski definition) is 2. The summed E-state index contributed by atoms with van der Waals surface area (Å²) in [6.07, 6.45) is -4.61. The molecule has 132 valence electrons. The third-order valence-electron chi connectivity index (χ3n) is 2.93. The van der Waals surface area contributed by atoms with E-state index in [-0.39, 0.29) is 5.75 Å². The Bertz CT molecular complexity index is 768. The molecule has 6 nitrogen and oxygen atoms in total. The first-order chi connectivity index (χ1) is 11.0. The molecule has 2 N–H and O–H groups in total. The van der Waals surface area contributed by atoms with Crippen molar-refractivity contribution in [2.45, 2.75) is 12.6 Å². The van der Waals surface area contributed by atoms with Gasteiger partial charge in [-0.25, -0.2) is 9.59 Å². The van der Waals surface area contributed by atoms with Crippen LogP contribution >= 0.6 is 0 Å². The Morgan fingerprint density at radius 1 is 1.25 bits per heavy atom. The molecule has 9 heteroatoms. The van der Waals surface area contributed by atoms with E-state index < -0.39 is 17.8 Å². The molecule has 0 atom stereocenters. The summed E-state index contributed by atoms with van der Waals surface area (Å²) in [5.74, 6) is -2.72. The van der Waals surface area contributed by atoms with Gasteiger partial charge in [-0.1, -0.05) is 12.1 Å². The molecule has 0 unspecified atom stereocenters. The number of nitrogens with zero attached hydrogens (tertiary/aromatic N) is 1. The fourth-order valence-electron chi connectivity index (χ4n) is 1.73. The van der Waals surface area contributed by atoms with Crippen LogP contribution in [-0.4, -0.2) is 47.9 Å². The molecule has 2 aromatic rings. The molecule has 1 aromatic heterocycles. The number of benzene rings is 1. The lowest BCUT2D eigenvalue weighted by molar-refractivity contribution is -0.192. The first-order valence-corrected chi connectivity index (χ1v) is 6.72. The van der Waals surface area contributed by atoms with E-state index in [0.717, 1.165) is 0 Å². The predicted molar refractivity (Wildman–Crippen MR) is 80.1 cm³/mol. The van der Waals surface area contributed by atoms with E-state index in [1.54, 1.807) is 24.3 Å². The maximum Gasteiger partial charge on any atom is 0.490 e.